The molecule has 0 radical (unpaired) electrons. The third kappa shape index (κ3) is 1.94. The van der Waals surface area contributed by atoms with E-state index in [4.69, 9.17) is 0 Å². The zero-order valence-corrected chi connectivity index (χ0v) is 9.11. The summed E-state index contributed by atoms with van der Waals surface area (Å²) in [6, 6.07) is 11.1. The van der Waals surface area contributed by atoms with Crippen molar-refractivity contribution in [3.05, 3.63) is 46.8 Å². The Morgan fingerprint density at radius 3 is 2.60 bits per heavy atom. The molecule has 0 aliphatic carbocycles. The molecule has 1 aromatic heterocycles. The fourth-order valence-corrected chi connectivity index (χ4v) is 1.62. The summed E-state index contributed by atoms with van der Waals surface area (Å²) in [4.78, 5) is 11.9. The minimum atomic E-state index is -0.153. The minimum Gasteiger partial charge on any atom is -0.268 e. The number of aromatic nitrogens is 2. The Kier molecular flexibility index (Phi) is 2.60. The number of thiol groups is 1. The van der Waals surface area contributed by atoms with E-state index in [0.717, 1.165) is 11.3 Å². The summed E-state index contributed by atoms with van der Waals surface area (Å²) in [5.74, 6) is 0. The lowest BCUT2D eigenvalue weighted by atomic mass is 10.1. The van der Waals surface area contributed by atoms with Gasteiger partial charge in [0, 0.05) is 23.6 Å². The lowest BCUT2D eigenvalue weighted by Gasteiger charge is -2.05. The van der Waals surface area contributed by atoms with Crippen molar-refractivity contribution in [2.45, 2.75) is 4.90 Å². The molecule has 2 rings (SSSR count). The molecule has 0 unspecified atom stereocenters. The first-order valence-electron chi connectivity index (χ1n) is 4.51. The number of hydrogen-bond acceptors (Lipinski definition) is 3. The van der Waals surface area contributed by atoms with Crippen LogP contribution >= 0.6 is 12.6 Å². The van der Waals surface area contributed by atoms with Gasteiger partial charge in [0.15, 0.2) is 0 Å². The number of benzene rings is 1. The van der Waals surface area contributed by atoms with Gasteiger partial charge in [0.2, 0.25) is 0 Å². The summed E-state index contributed by atoms with van der Waals surface area (Å²) < 4.78 is 1.31. The van der Waals surface area contributed by atoms with Crippen molar-refractivity contribution in [2.75, 3.05) is 0 Å². The van der Waals surface area contributed by atoms with Crippen molar-refractivity contribution < 1.29 is 0 Å². The highest BCUT2D eigenvalue weighted by Crippen LogP contribution is 2.21. The molecule has 0 N–H and O–H groups in total. The maximum atomic E-state index is 11.3. The Hall–Kier alpha value is -1.55. The predicted octanol–water partition coefficient (Wildman–Crippen LogP) is 1.74. The first-order chi connectivity index (χ1) is 7.18. The van der Waals surface area contributed by atoms with Gasteiger partial charge in [0.25, 0.3) is 5.56 Å². The molecule has 76 valence electrons. The maximum absolute atomic E-state index is 11.3. The van der Waals surface area contributed by atoms with Gasteiger partial charge in [-0.05, 0) is 0 Å². The Morgan fingerprint density at radius 1 is 1.27 bits per heavy atom. The summed E-state index contributed by atoms with van der Waals surface area (Å²) >= 11 is 4.25. The Balaban J connectivity index is 2.64. The van der Waals surface area contributed by atoms with E-state index >= 15 is 0 Å². The van der Waals surface area contributed by atoms with E-state index in [1.165, 1.54) is 10.7 Å². The Labute approximate surface area is 92.8 Å². The van der Waals surface area contributed by atoms with Gasteiger partial charge in [0.05, 0.1) is 0 Å². The molecule has 15 heavy (non-hydrogen) atoms. The first kappa shape index (κ1) is 9.98. The zero-order valence-electron chi connectivity index (χ0n) is 8.21. The molecule has 1 aromatic carbocycles. The van der Waals surface area contributed by atoms with Gasteiger partial charge in [-0.2, -0.15) is 5.10 Å². The molecule has 0 spiro atoms. The number of hydrogen-bond donors (Lipinski definition) is 1. The van der Waals surface area contributed by atoms with Crippen LogP contribution in [0.25, 0.3) is 11.3 Å². The van der Waals surface area contributed by atoms with Gasteiger partial charge in [-0.25, -0.2) is 4.68 Å². The summed E-state index contributed by atoms with van der Waals surface area (Å²) in [5.41, 5.74) is 1.53. The molecule has 0 saturated heterocycles. The maximum Gasteiger partial charge on any atom is 0.267 e. The average Bonchev–Trinajstić information content (AvgIpc) is 2.25. The molecule has 0 aliphatic rings. The van der Waals surface area contributed by atoms with E-state index in [2.05, 4.69) is 17.7 Å². The van der Waals surface area contributed by atoms with Gasteiger partial charge in [-0.1, -0.05) is 30.3 Å². The molecule has 2 aromatic rings. The van der Waals surface area contributed by atoms with Crippen molar-refractivity contribution in [3.63, 3.8) is 0 Å². The molecule has 1 heterocycles. The van der Waals surface area contributed by atoms with Crippen LogP contribution in [0, 0.1) is 0 Å². The third-order valence-corrected chi connectivity index (χ3v) is 2.46. The highest BCUT2D eigenvalue weighted by molar-refractivity contribution is 7.80. The first-order valence-corrected chi connectivity index (χ1v) is 4.96. The third-order valence-electron chi connectivity index (χ3n) is 2.12. The second-order valence-electron chi connectivity index (χ2n) is 3.21. The lowest BCUT2D eigenvalue weighted by Crippen LogP contribution is -2.19. The second-order valence-corrected chi connectivity index (χ2v) is 3.69. The van der Waals surface area contributed by atoms with E-state index in [9.17, 15) is 4.79 Å². The van der Waals surface area contributed by atoms with Gasteiger partial charge in [-0.15, -0.1) is 12.6 Å². The largest absolute Gasteiger partial charge is 0.268 e. The van der Waals surface area contributed by atoms with Crippen LogP contribution in [-0.4, -0.2) is 9.78 Å². The molecule has 4 heteroatoms. The van der Waals surface area contributed by atoms with E-state index in [0.29, 0.717) is 4.90 Å². The fourth-order valence-electron chi connectivity index (χ4n) is 1.33. The quantitative estimate of drug-likeness (QED) is 0.740. The van der Waals surface area contributed by atoms with Gasteiger partial charge in [-0.3, -0.25) is 4.79 Å². The van der Waals surface area contributed by atoms with Crippen LogP contribution in [-0.2, 0) is 7.05 Å². The normalized spacial score (nSPS) is 10.3. The van der Waals surface area contributed by atoms with E-state index < -0.39 is 0 Å². The molecule has 0 saturated carbocycles. The molecular formula is C11H10N2OS. The molecule has 3 nitrogen and oxygen atoms in total. The van der Waals surface area contributed by atoms with Crippen LogP contribution in [0.2, 0.25) is 0 Å². The summed E-state index contributed by atoms with van der Waals surface area (Å²) in [7, 11) is 1.63. The summed E-state index contributed by atoms with van der Waals surface area (Å²) in [5, 5.41) is 4.17. The topological polar surface area (TPSA) is 34.9 Å². The summed E-state index contributed by atoms with van der Waals surface area (Å²) in [6.45, 7) is 0. The number of nitrogens with zero attached hydrogens (tertiary/aromatic N) is 2. The van der Waals surface area contributed by atoms with Crippen LogP contribution in [0.5, 0.6) is 0 Å². The lowest BCUT2D eigenvalue weighted by molar-refractivity contribution is 0.702. The minimum absolute atomic E-state index is 0.153. The van der Waals surface area contributed by atoms with Crippen molar-refractivity contribution in [3.8, 4) is 11.3 Å². The zero-order chi connectivity index (χ0) is 10.8. The molecule has 0 bridgehead atoms. The monoisotopic (exact) mass is 218 g/mol. The van der Waals surface area contributed by atoms with E-state index in [-0.39, 0.29) is 5.56 Å². The van der Waals surface area contributed by atoms with Crippen molar-refractivity contribution in [1.82, 2.24) is 9.78 Å². The number of aryl methyl sites for hydroxylation is 1. The van der Waals surface area contributed by atoms with E-state index in [1.807, 2.05) is 30.3 Å². The van der Waals surface area contributed by atoms with Crippen LogP contribution in [0.4, 0.5) is 0 Å². The van der Waals surface area contributed by atoms with E-state index in [1.54, 1.807) is 7.05 Å². The van der Waals surface area contributed by atoms with Gasteiger partial charge in [0.1, 0.15) is 5.69 Å². The van der Waals surface area contributed by atoms with Crippen molar-refractivity contribution in [1.29, 1.82) is 0 Å². The average molecular weight is 218 g/mol. The van der Waals surface area contributed by atoms with Gasteiger partial charge < -0.3 is 0 Å². The van der Waals surface area contributed by atoms with Gasteiger partial charge >= 0.3 is 0 Å². The standard InChI is InChI=1S/C11H10N2OS/c1-13-10(14)7-9(15)11(12-13)8-5-3-2-4-6-8/h2-7,15H,1H3. The highest BCUT2D eigenvalue weighted by atomic mass is 32.1. The Bertz CT molecular complexity index is 534. The molecule has 0 atom stereocenters. The van der Waals surface area contributed by atoms with Crippen LogP contribution in [0.3, 0.4) is 0 Å². The smallest absolute Gasteiger partial charge is 0.267 e. The number of rotatable bonds is 1. The fraction of sp³-hybridized carbons (Fsp3) is 0.0909. The molecule has 0 amide bonds. The Morgan fingerprint density at radius 2 is 1.93 bits per heavy atom. The molecule has 0 fully saturated rings. The van der Waals surface area contributed by atoms with Crippen molar-refractivity contribution in [2.24, 2.45) is 7.05 Å². The molecule has 0 aliphatic heterocycles. The SMILES string of the molecule is Cn1nc(-c2ccccc2)c(S)cc1=O. The second kappa shape index (κ2) is 3.90. The molecular weight excluding hydrogens is 208 g/mol. The predicted molar refractivity (Wildman–Crippen MR) is 62.2 cm³/mol. The van der Waals surface area contributed by atoms with Crippen LogP contribution in [0.15, 0.2) is 46.1 Å². The highest BCUT2D eigenvalue weighted by Gasteiger charge is 2.05. The van der Waals surface area contributed by atoms with Crippen molar-refractivity contribution >= 4 is 12.6 Å². The van der Waals surface area contributed by atoms with Crippen LogP contribution in [0.1, 0.15) is 0 Å². The van der Waals surface area contributed by atoms with Crippen LogP contribution < -0.4 is 5.56 Å². The summed E-state index contributed by atoms with van der Waals surface area (Å²) in [6.07, 6.45) is 0.